The van der Waals surface area contributed by atoms with Gasteiger partial charge in [-0.3, -0.25) is 28.8 Å². The van der Waals surface area contributed by atoms with Crippen molar-refractivity contribution in [2.75, 3.05) is 20.8 Å². The summed E-state index contributed by atoms with van der Waals surface area (Å²) in [5.41, 5.74) is 18.5. The quantitative estimate of drug-likeness (QED) is 0.00971. The molecule has 28 heteroatoms. The molecule has 0 fully saturated rings. The van der Waals surface area contributed by atoms with Gasteiger partial charge in [-0.05, 0) is 46.2 Å². The molecule has 0 aliphatic rings. The second kappa shape index (κ2) is 66.5. The van der Waals surface area contributed by atoms with E-state index in [-0.39, 0.29) is 59.3 Å². The van der Waals surface area contributed by atoms with E-state index < -0.39 is 83.0 Å². The Labute approximate surface area is 767 Å². The summed E-state index contributed by atoms with van der Waals surface area (Å²) in [6, 6.07) is 59.0. The Morgan fingerprint density at radius 2 is 0.738 bits per heavy atom. The number of benzene rings is 6. The summed E-state index contributed by atoms with van der Waals surface area (Å²) in [5, 5.41) is 37.7. The smallest absolute Gasteiger partial charge is 0.481 e. The Morgan fingerprint density at radius 1 is 0.423 bits per heavy atom. The molecule has 6 aromatic carbocycles. The summed E-state index contributed by atoms with van der Waals surface area (Å²) < 4.78 is 45.5. The number of rotatable bonds is 52. The molecule has 0 aliphatic carbocycles. The highest BCUT2D eigenvalue weighted by Gasteiger charge is 2.41. The number of amides is 2. The van der Waals surface area contributed by atoms with Crippen molar-refractivity contribution in [2.45, 2.75) is 289 Å². The van der Waals surface area contributed by atoms with Gasteiger partial charge in [-0.25, -0.2) is 29.3 Å². The van der Waals surface area contributed by atoms with Gasteiger partial charge >= 0.3 is 42.0 Å². The SMILES string of the molecule is C.C.CCC(=O)O.CCCCCCCCCCCCCCCC(=O)CCC(=O)NC(Cc1cnc[nH]1)C(=O)O.CCCCCCCCCCCCCCCC(=O)O.COC(=O)C(Cc1cn(C(c2ccccc2)(c2ccccc2)c2ccccc2)cn1)NC(=O)CN.COC(=O)C(N)Cc1cn(C(c2ccccc2)(c2ccccc2)c2ccccc2)cn1.O=C(O)C(F)(F)F. The molecule has 2 amide bonds. The van der Waals surface area contributed by atoms with Crippen LogP contribution in [-0.4, -0.2) is 148 Å². The number of nitrogens with zero attached hydrogens (tertiary/aromatic N) is 5. The summed E-state index contributed by atoms with van der Waals surface area (Å²) >= 11 is 0. The Balaban J connectivity index is 0.000000569. The van der Waals surface area contributed by atoms with Crippen molar-refractivity contribution in [3.63, 3.8) is 0 Å². The third-order valence-electron chi connectivity index (χ3n) is 21.4. The second-order valence-corrected chi connectivity index (χ2v) is 31.3. The summed E-state index contributed by atoms with van der Waals surface area (Å²) in [6.45, 7) is 5.89. The van der Waals surface area contributed by atoms with E-state index in [9.17, 15) is 56.6 Å². The number of esters is 2. The number of ether oxygens (including phenoxy) is 2. The van der Waals surface area contributed by atoms with E-state index in [1.54, 1.807) is 13.3 Å². The van der Waals surface area contributed by atoms with Crippen LogP contribution in [0.25, 0.3) is 0 Å². The van der Waals surface area contributed by atoms with Gasteiger partial charge in [0.2, 0.25) is 11.8 Å². The lowest BCUT2D eigenvalue weighted by atomic mass is 9.77. The lowest BCUT2D eigenvalue weighted by Crippen LogP contribution is -2.45. The number of aromatic nitrogens is 6. The van der Waals surface area contributed by atoms with Crippen molar-refractivity contribution < 1.29 is 86.2 Å². The predicted molar refractivity (Wildman–Crippen MR) is 504 cm³/mol. The first-order valence-corrected chi connectivity index (χ1v) is 44.8. The fourth-order valence-corrected chi connectivity index (χ4v) is 14.6. The Kier molecular flexibility index (Phi) is 58.4. The Morgan fingerprint density at radius 3 is 1.02 bits per heavy atom. The number of halogens is 3. The zero-order valence-electron chi connectivity index (χ0n) is 75.1. The van der Waals surface area contributed by atoms with E-state index in [1.807, 2.05) is 128 Å². The minimum absolute atomic E-state index is 0. The van der Waals surface area contributed by atoms with Crippen LogP contribution < -0.4 is 22.1 Å². The summed E-state index contributed by atoms with van der Waals surface area (Å²) in [4.78, 5) is 116. The molecular weight excluding hydrogens is 1660 g/mol. The highest BCUT2D eigenvalue weighted by Crippen LogP contribution is 2.43. The molecule has 0 bridgehead atoms. The Hall–Kier alpha value is -11.9. The van der Waals surface area contributed by atoms with E-state index >= 15 is 0 Å². The maximum atomic E-state index is 12.3. The molecule has 0 spiro atoms. The zero-order valence-corrected chi connectivity index (χ0v) is 75.1. The molecule has 0 aliphatic heterocycles. The number of aliphatic carboxylic acids is 4. The number of carboxylic acid groups (broad SMARTS) is 4. The fourth-order valence-electron chi connectivity index (χ4n) is 14.6. The van der Waals surface area contributed by atoms with E-state index in [2.05, 4.69) is 126 Å². The van der Waals surface area contributed by atoms with Crippen LogP contribution in [0.4, 0.5) is 13.2 Å². The number of H-pyrrole nitrogens is 1. The standard InChI is InChI=1S/C28H28N4O3.C26H25N3O2.C25H43N3O4.C16H32O2.C3H6O2.C2HF3O2.2CH4/c1-35-27(34)25(31-26(33)18-29)17-24-19-32(20-30-24)28(21-11-5-2-6-12-21,22-13-7-3-8-14-22)23-15-9-4-10-16-23;1-31-25(30)24(27)17-23-18-29(19-28-23)26(20-11-5-2-6-12-20,21-13-7-3-8-14-21)22-15-9-4-10-16-22;1-2-3-4-5-6-7-8-9-10-11-12-13-14-15-22(29)16-17-24(30)28-23(25(31)32)18-21-19-26-20-27-21;1-2-3-4-5-6-7-8-9-10-11-12-13-14-15-16(17)18;1-2-3(4)5;3-2(4,5)1(6)7;;/h2-16,19-20,25H,17-18,29H2,1H3,(H,31,33);2-16,18-19,24H,17,27H2,1H3;19-20,23H,2-18H2,1H3,(H,26,27)(H,28,30)(H,31,32);2-15H2,1H3,(H,17,18);2H2,1H3,(H,4,5);(H,6,7);2*1H4. The van der Waals surface area contributed by atoms with Crippen LogP contribution in [-0.2, 0) is 83.0 Å². The monoisotopic (exact) mass is 1810 g/mol. The third-order valence-corrected chi connectivity index (χ3v) is 21.4. The van der Waals surface area contributed by atoms with E-state index in [4.69, 9.17) is 41.1 Å². The average molecular weight is 1810 g/mol. The Bertz CT molecular complexity index is 4350. The topological polar surface area (TPSA) is 393 Å². The molecule has 3 heterocycles. The fraction of sp³-hybridized carbons (Fsp3) is 0.471. The molecule has 9 rings (SSSR count). The zero-order chi connectivity index (χ0) is 93.6. The predicted octanol–water partition coefficient (Wildman–Crippen LogP) is 19.9. The molecule has 0 radical (unpaired) electrons. The van der Waals surface area contributed by atoms with Crippen molar-refractivity contribution in [1.29, 1.82) is 0 Å². The highest BCUT2D eigenvalue weighted by molar-refractivity contribution is 5.88. The molecule has 3 unspecified atom stereocenters. The molecule has 25 nitrogen and oxygen atoms in total. The van der Waals surface area contributed by atoms with Crippen LogP contribution in [0.3, 0.4) is 0 Å². The van der Waals surface area contributed by atoms with E-state index in [1.165, 1.54) is 162 Å². The van der Waals surface area contributed by atoms with Gasteiger partial charge in [-0.15, -0.1) is 0 Å². The van der Waals surface area contributed by atoms with Crippen LogP contribution in [0.5, 0.6) is 0 Å². The molecular formula is C102H143F3N10O15. The molecule has 11 N–H and O–H groups in total. The molecule has 0 saturated carbocycles. The number of carboxylic acids is 4. The van der Waals surface area contributed by atoms with Crippen molar-refractivity contribution in [1.82, 2.24) is 39.7 Å². The number of ketones is 1. The number of carbonyl (C=O) groups is 9. The molecule has 9 aromatic rings. The van der Waals surface area contributed by atoms with Gasteiger partial charge in [0.25, 0.3) is 0 Å². The number of methoxy groups -OCH3 is 2. The molecule has 130 heavy (non-hydrogen) atoms. The lowest BCUT2D eigenvalue weighted by molar-refractivity contribution is -0.192. The summed E-state index contributed by atoms with van der Waals surface area (Å²) in [7, 11) is 2.62. The molecule has 3 aromatic heterocycles. The van der Waals surface area contributed by atoms with Gasteiger partial charge in [-0.1, -0.05) is 372 Å². The first-order valence-electron chi connectivity index (χ1n) is 44.8. The van der Waals surface area contributed by atoms with E-state index in [0.717, 1.165) is 71.2 Å². The van der Waals surface area contributed by atoms with Crippen LogP contribution in [0.2, 0.25) is 0 Å². The maximum Gasteiger partial charge on any atom is 0.490 e. The molecule has 3 atom stereocenters. The number of hydrogen-bond donors (Lipinski definition) is 9. The minimum Gasteiger partial charge on any atom is -0.481 e. The number of nitrogens with one attached hydrogen (secondary N) is 3. The minimum atomic E-state index is -5.08. The summed E-state index contributed by atoms with van der Waals surface area (Å²) in [6.07, 6.45) is 40.6. The summed E-state index contributed by atoms with van der Waals surface area (Å²) in [5.74, 6) is -7.04. The number of aromatic amines is 1. The van der Waals surface area contributed by atoms with Gasteiger partial charge in [0.05, 0.1) is 51.1 Å². The van der Waals surface area contributed by atoms with Crippen LogP contribution in [0, 0.1) is 0 Å². The largest absolute Gasteiger partial charge is 0.490 e. The lowest BCUT2D eigenvalue weighted by Gasteiger charge is -2.37. The van der Waals surface area contributed by atoms with Crippen molar-refractivity contribution >= 4 is 53.4 Å². The normalized spacial score (nSPS) is 11.5. The second-order valence-electron chi connectivity index (χ2n) is 31.3. The third kappa shape index (κ3) is 42.6. The number of Topliss-reactive ketones (excluding diaryl/α,β-unsaturated/α-hetero) is 1. The average Bonchev–Trinajstić information content (AvgIpc) is 1.38. The first-order chi connectivity index (χ1) is 61.8. The first kappa shape index (κ1) is 114. The molecule has 712 valence electrons. The number of carbonyl (C=O) groups excluding carboxylic acids is 5. The van der Waals surface area contributed by atoms with Gasteiger partial charge in [0.15, 0.2) is 0 Å². The maximum absolute atomic E-state index is 12.3. The number of imidazole rings is 3. The van der Waals surface area contributed by atoms with E-state index in [0.29, 0.717) is 30.7 Å². The highest BCUT2D eigenvalue weighted by atomic mass is 19.4. The number of hydrogen-bond acceptors (Lipinski definition) is 16. The van der Waals surface area contributed by atoms with Crippen molar-refractivity contribution in [3.8, 4) is 0 Å². The van der Waals surface area contributed by atoms with Crippen molar-refractivity contribution in [2.24, 2.45) is 11.5 Å². The van der Waals surface area contributed by atoms with Gasteiger partial charge in [0.1, 0.15) is 35.0 Å². The molecule has 0 saturated heterocycles. The van der Waals surface area contributed by atoms with Crippen molar-refractivity contribution in [3.05, 3.63) is 270 Å². The van der Waals surface area contributed by atoms with Crippen LogP contribution in [0.1, 0.15) is 285 Å². The van der Waals surface area contributed by atoms with Crippen LogP contribution in [0.15, 0.2) is 220 Å². The number of alkyl halides is 3. The van der Waals surface area contributed by atoms with Gasteiger partial charge < -0.3 is 66.1 Å². The van der Waals surface area contributed by atoms with Gasteiger partial charge in [0, 0.05) is 75.7 Å². The van der Waals surface area contributed by atoms with Gasteiger partial charge in [-0.2, -0.15) is 13.2 Å². The number of nitrogens with two attached hydrogens (primary N) is 2. The van der Waals surface area contributed by atoms with Crippen LogP contribution >= 0.6 is 0 Å². The number of unbranched alkanes of at least 4 members (excludes halogenated alkanes) is 24.